The summed E-state index contributed by atoms with van der Waals surface area (Å²) in [7, 11) is 1.34. The van der Waals surface area contributed by atoms with Gasteiger partial charge in [-0.25, -0.2) is 4.79 Å². The van der Waals surface area contributed by atoms with Gasteiger partial charge in [0.25, 0.3) is 0 Å². The van der Waals surface area contributed by atoms with Crippen molar-refractivity contribution in [3.05, 3.63) is 77.9 Å². The maximum absolute atomic E-state index is 11.9. The molecule has 112 valence electrons. The summed E-state index contributed by atoms with van der Waals surface area (Å²) >= 11 is 0. The molecule has 2 N–H and O–H groups in total. The van der Waals surface area contributed by atoms with Crippen molar-refractivity contribution < 1.29 is 9.53 Å². The van der Waals surface area contributed by atoms with Gasteiger partial charge in [0, 0.05) is 24.5 Å². The summed E-state index contributed by atoms with van der Waals surface area (Å²) in [6.07, 6.45) is 7.17. The van der Waals surface area contributed by atoms with Gasteiger partial charge in [0.1, 0.15) is 0 Å². The number of pyridine rings is 2. The van der Waals surface area contributed by atoms with Crippen molar-refractivity contribution in [1.82, 2.24) is 9.97 Å². The fourth-order valence-corrected chi connectivity index (χ4v) is 1.83. The Morgan fingerprint density at radius 2 is 1.91 bits per heavy atom. The molecule has 2 aromatic heterocycles. The Kier molecular flexibility index (Phi) is 5.43. The first kappa shape index (κ1) is 15.4. The van der Waals surface area contributed by atoms with Crippen LogP contribution in [0.4, 0.5) is 0 Å². The van der Waals surface area contributed by atoms with Crippen molar-refractivity contribution in [3.8, 4) is 0 Å². The predicted octanol–water partition coefficient (Wildman–Crippen LogP) is 2.12. The second-order valence-electron chi connectivity index (χ2n) is 4.49. The molecule has 0 aliphatic carbocycles. The lowest BCUT2D eigenvalue weighted by Gasteiger charge is -2.04. The third-order valence-corrected chi connectivity index (χ3v) is 2.95. The average Bonchev–Trinajstić information content (AvgIpc) is 2.59. The van der Waals surface area contributed by atoms with E-state index in [1.165, 1.54) is 7.11 Å². The Morgan fingerprint density at radius 3 is 2.50 bits per heavy atom. The van der Waals surface area contributed by atoms with Crippen LogP contribution in [0, 0.1) is 0 Å². The summed E-state index contributed by atoms with van der Waals surface area (Å²) in [6.45, 7) is 0. The first-order chi connectivity index (χ1) is 10.7. The topological polar surface area (TPSA) is 78.1 Å². The molecule has 0 fully saturated rings. The molecule has 0 unspecified atom stereocenters. The molecule has 2 aromatic rings. The summed E-state index contributed by atoms with van der Waals surface area (Å²) in [5.41, 5.74) is 8.23. The zero-order chi connectivity index (χ0) is 15.8. The van der Waals surface area contributed by atoms with Crippen molar-refractivity contribution in [1.29, 1.82) is 0 Å². The number of esters is 1. The van der Waals surface area contributed by atoms with E-state index in [-0.39, 0.29) is 0 Å². The van der Waals surface area contributed by atoms with Crippen molar-refractivity contribution >= 4 is 11.7 Å². The van der Waals surface area contributed by atoms with Crippen LogP contribution in [-0.4, -0.2) is 23.0 Å². The molecule has 0 saturated carbocycles. The number of carbonyl (C=O) groups is 1. The van der Waals surface area contributed by atoms with Crippen LogP contribution in [-0.2, 0) is 16.0 Å². The number of ether oxygens (including phenoxy) is 1. The van der Waals surface area contributed by atoms with E-state index in [0.29, 0.717) is 23.4 Å². The zero-order valence-electron chi connectivity index (χ0n) is 12.3. The van der Waals surface area contributed by atoms with Crippen LogP contribution in [0.2, 0.25) is 0 Å². The van der Waals surface area contributed by atoms with Crippen molar-refractivity contribution in [3.63, 3.8) is 0 Å². The molecule has 0 aromatic carbocycles. The molecule has 2 heterocycles. The molecule has 0 atom stereocenters. The van der Waals surface area contributed by atoms with Crippen LogP contribution in [0.25, 0.3) is 5.70 Å². The van der Waals surface area contributed by atoms with Gasteiger partial charge in [-0.2, -0.15) is 0 Å². The number of hydrogen-bond donors (Lipinski definition) is 1. The molecule has 0 aliphatic heterocycles. The molecular formula is C17H17N3O2. The maximum atomic E-state index is 11.9. The number of rotatable bonds is 5. The SMILES string of the molecule is COC(=O)C(/C=C(\N)c1ccccn1)=C/Cc1ccccn1. The molecule has 5 nitrogen and oxygen atoms in total. The normalized spacial score (nSPS) is 12.0. The van der Waals surface area contributed by atoms with Crippen LogP contribution < -0.4 is 5.73 Å². The summed E-state index contributed by atoms with van der Waals surface area (Å²) in [6, 6.07) is 11.0. The quantitative estimate of drug-likeness (QED) is 0.519. The summed E-state index contributed by atoms with van der Waals surface area (Å²) in [4.78, 5) is 20.2. The number of methoxy groups -OCH3 is 1. The van der Waals surface area contributed by atoms with Crippen LogP contribution >= 0.6 is 0 Å². The Bertz CT molecular complexity index is 680. The van der Waals surface area contributed by atoms with E-state index in [1.54, 1.807) is 36.7 Å². The standard InChI is InChI=1S/C17H17N3O2/c1-22-17(21)13(8-9-14-6-2-4-10-19-14)12-15(18)16-7-3-5-11-20-16/h2-8,10-12H,9,18H2,1H3/b13-8+,15-12-. The van der Waals surface area contributed by atoms with Gasteiger partial charge >= 0.3 is 5.97 Å². The van der Waals surface area contributed by atoms with E-state index in [2.05, 4.69) is 9.97 Å². The molecular weight excluding hydrogens is 278 g/mol. The van der Waals surface area contributed by atoms with E-state index in [4.69, 9.17) is 10.5 Å². The highest BCUT2D eigenvalue weighted by Crippen LogP contribution is 2.11. The number of hydrogen-bond acceptors (Lipinski definition) is 5. The van der Waals surface area contributed by atoms with Crippen molar-refractivity contribution in [2.45, 2.75) is 6.42 Å². The molecule has 0 spiro atoms. The molecule has 22 heavy (non-hydrogen) atoms. The predicted molar refractivity (Wildman–Crippen MR) is 84.4 cm³/mol. The Labute approximate surface area is 129 Å². The fraction of sp³-hybridized carbons (Fsp3) is 0.118. The lowest BCUT2D eigenvalue weighted by Crippen LogP contribution is -2.07. The van der Waals surface area contributed by atoms with Crippen molar-refractivity contribution in [2.75, 3.05) is 7.11 Å². The Balaban J connectivity index is 2.25. The molecule has 5 heteroatoms. The van der Waals surface area contributed by atoms with E-state index < -0.39 is 5.97 Å². The van der Waals surface area contributed by atoms with Crippen LogP contribution in [0.1, 0.15) is 11.4 Å². The second kappa shape index (κ2) is 7.73. The number of carbonyl (C=O) groups excluding carboxylic acids is 1. The fourth-order valence-electron chi connectivity index (χ4n) is 1.83. The molecule has 0 radical (unpaired) electrons. The third kappa shape index (κ3) is 4.28. The second-order valence-corrected chi connectivity index (χ2v) is 4.49. The van der Waals surface area contributed by atoms with E-state index in [9.17, 15) is 4.79 Å². The van der Waals surface area contributed by atoms with Gasteiger partial charge in [-0.1, -0.05) is 18.2 Å². The third-order valence-electron chi connectivity index (χ3n) is 2.95. The van der Waals surface area contributed by atoms with E-state index >= 15 is 0 Å². The highest BCUT2D eigenvalue weighted by atomic mass is 16.5. The minimum atomic E-state index is -0.449. The van der Waals surface area contributed by atoms with Gasteiger partial charge in [-0.3, -0.25) is 9.97 Å². The van der Waals surface area contributed by atoms with Crippen molar-refractivity contribution in [2.24, 2.45) is 5.73 Å². The molecule has 0 bridgehead atoms. The van der Waals surface area contributed by atoms with Gasteiger partial charge < -0.3 is 10.5 Å². The molecule has 2 rings (SSSR count). The number of nitrogens with zero attached hydrogens (tertiary/aromatic N) is 2. The Hall–Kier alpha value is -2.95. The van der Waals surface area contributed by atoms with Gasteiger partial charge in [-0.15, -0.1) is 0 Å². The largest absolute Gasteiger partial charge is 0.465 e. The molecule has 0 amide bonds. The highest BCUT2D eigenvalue weighted by molar-refractivity contribution is 5.93. The molecule has 0 aliphatic rings. The van der Waals surface area contributed by atoms with E-state index in [1.807, 2.05) is 24.3 Å². The minimum absolute atomic E-state index is 0.372. The van der Waals surface area contributed by atoms with Crippen LogP contribution in [0.15, 0.2) is 66.5 Å². The minimum Gasteiger partial charge on any atom is -0.465 e. The summed E-state index contributed by atoms with van der Waals surface area (Å²) in [5, 5.41) is 0. The number of allylic oxidation sites excluding steroid dienone is 1. The lowest BCUT2D eigenvalue weighted by molar-refractivity contribution is -0.135. The van der Waals surface area contributed by atoms with Gasteiger partial charge in [0.05, 0.1) is 24.1 Å². The summed E-state index contributed by atoms with van der Waals surface area (Å²) in [5.74, 6) is -0.449. The monoisotopic (exact) mass is 295 g/mol. The van der Waals surface area contributed by atoms with Gasteiger partial charge in [-0.05, 0) is 30.3 Å². The Morgan fingerprint density at radius 1 is 1.18 bits per heavy atom. The summed E-state index contributed by atoms with van der Waals surface area (Å²) < 4.78 is 4.79. The van der Waals surface area contributed by atoms with Crippen LogP contribution in [0.3, 0.4) is 0 Å². The zero-order valence-corrected chi connectivity index (χ0v) is 12.3. The van der Waals surface area contributed by atoms with Crippen LogP contribution in [0.5, 0.6) is 0 Å². The average molecular weight is 295 g/mol. The first-order valence-electron chi connectivity index (χ1n) is 6.77. The smallest absolute Gasteiger partial charge is 0.337 e. The maximum Gasteiger partial charge on any atom is 0.337 e. The number of nitrogens with two attached hydrogens (primary N) is 1. The lowest BCUT2D eigenvalue weighted by atomic mass is 10.1. The van der Waals surface area contributed by atoms with Gasteiger partial charge in [0.15, 0.2) is 0 Å². The van der Waals surface area contributed by atoms with E-state index in [0.717, 1.165) is 5.69 Å². The highest BCUT2D eigenvalue weighted by Gasteiger charge is 2.09. The molecule has 0 saturated heterocycles. The first-order valence-corrected chi connectivity index (χ1v) is 6.77. The number of aromatic nitrogens is 2. The van der Waals surface area contributed by atoms with Gasteiger partial charge in [0.2, 0.25) is 0 Å².